The van der Waals surface area contributed by atoms with Crippen molar-refractivity contribution in [1.82, 2.24) is 25.0 Å². The fourth-order valence-electron chi connectivity index (χ4n) is 3.68. The van der Waals surface area contributed by atoms with Gasteiger partial charge in [0.05, 0.1) is 11.4 Å². The van der Waals surface area contributed by atoms with Crippen LogP contribution < -0.4 is 5.32 Å². The van der Waals surface area contributed by atoms with E-state index >= 15 is 0 Å². The monoisotopic (exact) mass is 361 g/mol. The molecule has 0 aliphatic carbocycles. The molecule has 1 fully saturated rings. The molecule has 5 nitrogen and oxygen atoms in total. The highest BCUT2D eigenvalue weighted by Gasteiger charge is 2.17. The lowest BCUT2D eigenvalue weighted by Crippen LogP contribution is -2.34. The fraction of sp³-hybridized carbons (Fsp3) is 0.364. The van der Waals surface area contributed by atoms with Crippen molar-refractivity contribution in [3.63, 3.8) is 0 Å². The summed E-state index contributed by atoms with van der Waals surface area (Å²) in [5, 5.41) is 8.54. The van der Waals surface area contributed by atoms with Gasteiger partial charge in [0, 0.05) is 36.3 Å². The Kier molecular flexibility index (Phi) is 5.61. The summed E-state index contributed by atoms with van der Waals surface area (Å²) < 4.78 is 1.97. The highest BCUT2D eigenvalue weighted by Crippen LogP contribution is 2.23. The van der Waals surface area contributed by atoms with E-state index < -0.39 is 0 Å². The van der Waals surface area contributed by atoms with Gasteiger partial charge in [-0.25, -0.2) is 4.68 Å². The largest absolute Gasteiger partial charge is 0.312 e. The van der Waals surface area contributed by atoms with E-state index in [0.717, 1.165) is 36.0 Å². The van der Waals surface area contributed by atoms with Gasteiger partial charge in [-0.05, 0) is 69.7 Å². The molecule has 27 heavy (non-hydrogen) atoms. The zero-order chi connectivity index (χ0) is 18.5. The SMILES string of the molecule is CN1CCC(CNCc2cn(-c3ccccc3)nc2-c2ccncc2)CC1. The molecule has 1 saturated heterocycles. The number of likely N-dealkylation sites (tertiary alicyclic amines) is 1. The number of pyridine rings is 1. The summed E-state index contributed by atoms with van der Waals surface area (Å²) in [5.74, 6) is 0.773. The minimum Gasteiger partial charge on any atom is -0.312 e. The summed E-state index contributed by atoms with van der Waals surface area (Å²) in [6, 6.07) is 14.3. The zero-order valence-corrected chi connectivity index (χ0v) is 15.9. The summed E-state index contributed by atoms with van der Waals surface area (Å²) in [6.07, 6.45) is 8.36. The number of rotatable bonds is 6. The van der Waals surface area contributed by atoms with Crippen LogP contribution in [0.2, 0.25) is 0 Å². The number of hydrogen-bond donors (Lipinski definition) is 1. The third-order valence-electron chi connectivity index (χ3n) is 5.35. The lowest BCUT2D eigenvalue weighted by Gasteiger charge is -2.29. The van der Waals surface area contributed by atoms with Gasteiger partial charge < -0.3 is 10.2 Å². The summed E-state index contributed by atoms with van der Waals surface area (Å²) in [7, 11) is 2.21. The minimum atomic E-state index is 0.773. The van der Waals surface area contributed by atoms with Crippen molar-refractivity contribution in [3.8, 4) is 16.9 Å². The summed E-state index contributed by atoms with van der Waals surface area (Å²) in [6.45, 7) is 4.32. The quantitative estimate of drug-likeness (QED) is 0.731. The van der Waals surface area contributed by atoms with Crippen LogP contribution in [0.15, 0.2) is 61.1 Å². The number of para-hydroxylation sites is 1. The van der Waals surface area contributed by atoms with E-state index in [9.17, 15) is 0 Å². The van der Waals surface area contributed by atoms with E-state index in [0.29, 0.717) is 0 Å². The first-order valence-corrected chi connectivity index (χ1v) is 9.73. The van der Waals surface area contributed by atoms with Gasteiger partial charge in [0.25, 0.3) is 0 Å². The van der Waals surface area contributed by atoms with E-state index in [1.54, 1.807) is 0 Å². The Balaban J connectivity index is 1.51. The molecule has 0 radical (unpaired) electrons. The first-order chi connectivity index (χ1) is 13.3. The van der Waals surface area contributed by atoms with Crippen molar-refractivity contribution in [2.45, 2.75) is 19.4 Å². The Morgan fingerprint density at radius 3 is 2.52 bits per heavy atom. The normalized spacial score (nSPS) is 15.9. The van der Waals surface area contributed by atoms with Crippen molar-refractivity contribution in [2.24, 2.45) is 5.92 Å². The average Bonchev–Trinajstić information content (AvgIpc) is 3.15. The van der Waals surface area contributed by atoms with E-state index in [-0.39, 0.29) is 0 Å². The molecular formula is C22H27N5. The van der Waals surface area contributed by atoms with Crippen molar-refractivity contribution in [3.05, 3.63) is 66.6 Å². The van der Waals surface area contributed by atoms with Gasteiger partial charge in [-0.15, -0.1) is 0 Å². The Morgan fingerprint density at radius 2 is 1.78 bits per heavy atom. The van der Waals surface area contributed by atoms with Gasteiger partial charge in [-0.1, -0.05) is 18.2 Å². The number of aromatic nitrogens is 3. The molecular weight excluding hydrogens is 334 g/mol. The van der Waals surface area contributed by atoms with Crippen molar-refractivity contribution < 1.29 is 0 Å². The van der Waals surface area contributed by atoms with E-state index in [2.05, 4.69) is 40.6 Å². The van der Waals surface area contributed by atoms with Crippen molar-refractivity contribution in [2.75, 3.05) is 26.7 Å². The molecule has 1 N–H and O–H groups in total. The maximum Gasteiger partial charge on any atom is 0.0973 e. The fourth-order valence-corrected chi connectivity index (χ4v) is 3.68. The number of benzene rings is 1. The summed E-state index contributed by atoms with van der Waals surface area (Å²) >= 11 is 0. The standard InChI is InChI=1S/C22H27N5/c1-26-13-9-18(10-14-26)15-24-16-20-17-27(21-5-3-2-4-6-21)25-22(20)19-7-11-23-12-8-19/h2-8,11-12,17-18,24H,9-10,13-16H2,1H3. The van der Waals surface area contributed by atoms with Gasteiger partial charge in [0.2, 0.25) is 0 Å². The molecule has 0 saturated carbocycles. The smallest absolute Gasteiger partial charge is 0.0973 e. The lowest BCUT2D eigenvalue weighted by molar-refractivity contribution is 0.216. The summed E-state index contributed by atoms with van der Waals surface area (Å²) in [4.78, 5) is 6.56. The van der Waals surface area contributed by atoms with Crippen LogP contribution in [0.4, 0.5) is 0 Å². The van der Waals surface area contributed by atoms with Crippen LogP contribution in [0.25, 0.3) is 16.9 Å². The minimum absolute atomic E-state index is 0.773. The Bertz CT molecular complexity index is 836. The molecule has 2 aromatic heterocycles. The maximum absolute atomic E-state index is 4.87. The predicted octanol–water partition coefficient (Wildman–Crippen LogP) is 3.37. The molecule has 0 bridgehead atoms. The van der Waals surface area contributed by atoms with Gasteiger partial charge in [-0.2, -0.15) is 5.10 Å². The second-order valence-electron chi connectivity index (χ2n) is 7.40. The third-order valence-corrected chi connectivity index (χ3v) is 5.35. The van der Waals surface area contributed by atoms with E-state index in [4.69, 9.17) is 5.10 Å². The number of piperidine rings is 1. The molecule has 140 valence electrons. The van der Waals surface area contributed by atoms with Gasteiger partial charge in [-0.3, -0.25) is 4.98 Å². The first kappa shape index (κ1) is 17.9. The second-order valence-corrected chi connectivity index (χ2v) is 7.40. The van der Waals surface area contributed by atoms with Crippen molar-refractivity contribution >= 4 is 0 Å². The second kappa shape index (κ2) is 8.46. The van der Waals surface area contributed by atoms with Crippen LogP contribution in [0.3, 0.4) is 0 Å². The van der Waals surface area contributed by atoms with Gasteiger partial charge in [0.15, 0.2) is 0 Å². The van der Waals surface area contributed by atoms with Gasteiger partial charge >= 0.3 is 0 Å². The molecule has 3 aromatic rings. The molecule has 4 rings (SSSR count). The number of nitrogens with one attached hydrogen (secondary N) is 1. The molecule has 0 atom stereocenters. The number of hydrogen-bond acceptors (Lipinski definition) is 4. The molecule has 1 aliphatic rings. The van der Waals surface area contributed by atoms with Crippen LogP contribution in [0, 0.1) is 5.92 Å². The Morgan fingerprint density at radius 1 is 1.04 bits per heavy atom. The molecule has 1 aromatic carbocycles. The van der Waals surface area contributed by atoms with Crippen LogP contribution in [-0.2, 0) is 6.54 Å². The topological polar surface area (TPSA) is 46.0 Å². The highest BCUT2D eigenvalue weighted by molar-refractivity contribution is 5.62. The van der Waals surface area contributed by atoms with Crippen LogP contribution in [0.1, 0.15) is 18.4 Å². The molecule has 3 heterocycles. The maximum atomic E-state index is 4.87. The third kappa shape index (κ3) is 4.43. The van der Waals surface area contributed by atoms with Crippen LogP contribution in [0.5, 0.6) is 0 Å². The average molecular weight is 361 g/mol. The molecule has 1 aliphatic heterocycles. The zero-order valence-electron chi connectivity index (χ0n) is 15.9. The van der Waals surface area contributed by atoms with Crippen molar-refractivity contribution in [1.29, 1.82) is 0 Å². The predicted molar refractivity (Wildman–Crippen MR) is 109 cm³/mol. The molecule has 0 spiro atoms. The number of nitrogens with zero attached hydrogens (tertiary/aromatic N) is 4. The highest BCUT2D eigenvalue weighted by atomic mass is 15.3. The Labute approximate surface area is 161 Å². The van der Waals surface area contributed by atoms with Crippen LogP contribution in [-0.4, -0.2) is 46.3 Å². The lowest BCUT2D eigenvalue weighted by atomic mass is 9.97. The van der Waals surface area contributed by atoms with E-state index in [1.165, 1.54) is 31.5 Å². The molecule has 0 unspecified atom stereocenters. The van der Waals surface area contributed by atoms with Gasteiger partial charge in [0.1, 0.15) is 0 Å². The Hall–Kier alpha value is -2.50. The van der Waals surface area contributed by atoms with Crippen LogP contribution >= 0.6 is 0 Å². The molecule has 5 heteroatoms. The first-order valence-electron chi connectivity index (χ1n) is 9.73. The molecule has 0 amide bonds. The van der Waals surface area contributed by atoms with E-state index in [1.807, 2.05) is 47.4 Å². The summed E-state index contributed by atoms with van der Waals surface area (Å²) in [5.41, 5.74) is 4.43.